The second kappa shape index (κ2) is 6.01. The molecule has 0 aliphatic rings. The molecule has 0 radical (unpaired) electrons. The van der Waals surface area contributed by atoms with Crippen LogP contribution in [0.2, 0.25) is 0 Å². The van der Waals surface area contributed by atoms with Crippen LogP contribution in [0, 0.1) is 0 Å². The molecule has 0 saturated heterocycles. The van der Waals surface area contributed by atoms with E-state index in [0.717, 1.165) is 0 Å². The van der Waals surface area contributed by atoms with E-state index in [9.17, 15) is 9.59 Å². The first-order valence-corrected chi connectivity index (χ1v) is 5.90. The number of Topliss-reactive ketones (excluding diaryl/α,β-unsaturated/α-hetero) is 1. The maximum atomic E-state index is 11.5. The molecule has 0 unspecified atom stereocenters. The number of carbonyl (C=O) groups excluding carboxylic acids is 2. The Morgan fingerprint density at radius 2 is 2.12 bits per heavy atom. The van der Waals surface area contributed by atoms with Crippen molar-refractivity contribution in [2.45, 2.75) is 6.42 Å². The summed E-state index contributed by atoms with van der Waals surface area (Å²) in [6, 6.07) is 4.74. The van der Waals surface area contributed by atoms with Crippen molar-refractivity contribution < 1.29 is 14.3 Å². The molecule has 0 aliphatic heterocycles. The fourth-order valence-electron chi connectivity index (χ4n) is 1.19. The third kappa shape index (κ3) is 3.06. The molecule has 0 atom stereocenters. The lowest BCUT2D eigenvalue weighted by Crippen LogP contribution is -2.05. The molecular weight excluding hydrogens is 295 g/mol. The Balaban J connectivity index is 2.99. The van der Waals surface area contributed by atoms with Gasteiger partial charge in [-0.3, -0.25) is 4.79 Å². The first-order valence-electron chi connectivity index (χ1n) is 4.57. The minimum Gasteiger partial charge on any atom is -0.465 e. The van der Waals surface area contributed by atoms with Crippen LogP contribution in [0.5, 0.6) is 0 Å². The molecule has 16 heavy (non-hydrogen) atoms. The number of ether oxygens (including phenoxy) is 1. The normalized spacial score (nSPS) is 9.94. The maximum Gasteiger partial charge on any atom is 0.339 e. The highest BCUT2D eigenvalue weighted by Crippen LogP contribution is 2.20. The molecular formula is C11H10BrClO3. The lowest BCUT2D eigenvalue weighted by Gasteiger charge is -2.04. The van der Waals surface area contributed by atoms with Crippen LogP contribution in [-0.2, 0) is 4.74 Å². The van der Waals surface area contributed by atoms with E-state index in [1.165, 1.54) is 7.11 Å². The highest BCUT2D eigenvalue weighted by molar-refractivity contribution is 9.10. The van der Waals surface area contributed by atoms with Gasteiger partial charge in [0.25, 0.3) is 0 Å². The van der Waals surface area contributed by atoms with Gasteiger partial charge in [0.2, 0.25) is 0 Å². The molecule has 1 rings (SSSR count). The topological polar surface area (TPSA) is 43.4 Å². The Kier molecular flexibility index (Phi) is 4.96. The highest BCUT2D eigenvalue weighted by atomic mass is 79.9. The second-order valence-electron chi connectivity index (χ2n) is 3.05. The van der Waals surface area contributed by atoms with Crippen molar-refractivity contribution in [3.63, 3.8) is 0 Å². The Bertz CT molecular complexity index is 418. The molecule has 1 aromatic rings. The first kappa shape index (κ1) is 13.2. The number of ketones is 1. The van der Waals surface area contributed by atoms with Crippen LogP contribution in [-0.4, -0.2) is 24.7 Å². The van der Waals surface area contributed by atoms with Crippen LogP contribution < -0.4 is 0 Å². The summed E-state index contributed by atoms with van der Waals surface area (Å²) in [4.78, 5) is 22.8. The van der Waals surface area contributed by atoms with E-state index in [4.69, 9.17) is 11.6 Å². The summed E-state index contributed by atoms with van der Waals surface area (Å²) in [7, 11) is 1.31. The number of methoxy groups -OCH3 is 1. The van der Waals surface area contributed by atoms with Gasteiger partial charge in [-0.25, -0.2) is 4.79 Å². The Morgan fingerprint density at radius 1 is 1.44 bits per heavy atom. The molecule has 3 nitrogen and oxygen atoms in total. The molecule has 0 bridgehead atoms. The quantitative estimate of drug-likeness (QED) is 0.488. The molecule has 0 heterocycles. The zero-order valence-electron chi connectivity index (χ0n) is 8.63. The average Bonchev–Trinajstić information content (AvgIpc) is 2.28. The monoisotopic (exact) mass is 304 g/mol. The van der Waals surface area contributed by atoms with Gasteiger partial charge in [-0.15, -0.1) is 11.6 Å². The molecule has 0 spiro atoms. The molecule has 86 valence electrons. The summed E-state index contributed by atoms with van der Waals surface area (Å²) in [5.74, 6) is -0.204. The van der Waals surface area contributed by atoms with Gasteiger partial charge in [-0.05, 0) is 28.1 Å². The number of carbonyl (C=O) groups is 2. The zero-order valence-corrected chi connectivity index (χ0v) is 11.0. The standard InChI is InChI=1S/C11H10BrClO3/c1-16-11(15)8-3-2-7(6-9(8)12)10(14)4-5-13/h2-3,6H,4-5H2,1H3. The van der Waals surface area contributed by atoms with E-state index in [2.05, 4.69) is 20.7 Å². The van der Waals surface area contributed by atoms with Crippen molar-refractivity contribution in [3.05, 3.63) is 33.8 Å². The van der Waals surface area contributed by atoms with Gasteiger partial charge in [-0.2, -0.15) is 0 Å². The summed E-state index contributed by atoms with van der Waals surface area (Å²) >= 11 is 8.71. The first-order chi connectivity index (χ1) is 7.60. The largest absolute Gasteiger partial charge is 0.465 e. The summed E-state index contributed by atoms with van der Waals surface area (Å²) in [6.45, 7) is 0. The lowest BCUT2D eigenvalue weighted by molar-refractivity contribution is 0.0599. The summed E-state index contributed by atoms with van der Waals surface area (Å²) in [5.41, 5.74) is 0.921. The molecule has 0 saturated carbocycles. The molecule has 0 amide bonds. The van der Waals surface area contributed by atoms with Gasteiger partial charge < -0.3 is 4.74 Å². The van der Waals surface area contributed by atoms with Crippen molar-refractivity contribution in [2.24, 2.45) is 0 Å². The van der Waals surface area contributed by atoms with Gasteiger partial charge in [-0.1, -0.05) is 6.07 Å². The van der Waals surface area contributed by atoms with E-state index in [-0.39, 0.29) is 18.1 Å². The molecule has 0 aliphatic carbocycles. The van der Waals surface area contributed by atoms with Crippen LogP contribution in [0.4, 0.5) is 0 Å². The maximum absolute atomic E-state index is 11.5. The fourth-order valence-corrected chi connectivity index (χ4v) is 1.91. The van der Waals surface area contributed by atoms with Crippen LogP contribution in [0.15, 0.2) is 22.7 Å². The number of halogens is 2. The molecule has 0 N–H and O–H groups in total. The number of hydrogen-bond acceptors (Lipinski definition) is 3. The smallest absolute Gasteiger partial charge is 0.339 e. The van der Waals surface area contributed by atoms with Crippen LogP contribution in [0.25, 0.3) is 0 Å². The minimum atomic E-state index is -0.441. The zero-order chi connectivity index (χ0) is 12.1. The van der Waals surface area contributed by atoms with Crippen LogP contribution in [0.1, 0.15) is 27.1 Å². The van der Waals surface area contributed by atoms with Gasteiger partial charge in [0.15, 0.2) is 5.78 Å². The van der Waals surface area contributed by atoms with E-state index in [0.29, 0.717) is 15.6 Å². The minimum absolute atomic E-state index is 0.0490. The summed E-state index contributed by atoms with van der Waals surface area (Å²) < 4.78 is 5.13. The van der Waals surface area contributed by atoms with Crippen molar-refractivity contribution in [2.75, 3.05) is 13.0 Å². The van der Waals surface area contributed by atoms with E-state index < -0.39 is 5.97 Å². The lowest BCUT2D eigenvalue weighted by atomic mass is 10.1. The van der Waals surface area contributed by atoms with Crippen LogP contribution >= 0.6 is 27.5 Å². The number of benzene rings is 1. The third-order valence-electron chi connectivity index (χ3n) is 2.02. The number of esters is 1. The summed E-state index contributed by atoms with van der Waals surface area (Å²) in [6.07, 6.45) is 0.283. The van der Waals surface area contributed by atoms with E-state index >= 15 is 0 Å². The SMILES string of the molecule is COC(=O)c1ccc(C(=O)CCCl)cc1Br. The van der Waals surface area contributed by atoms with Gasteiger partial charge in [0.05, 0.1) is 12.7 Å². The van der Waals surface area contributed by atoms with Gasteiger partial charge >= 0.3 is 5.97 Å². The summed E-state index contributed by atoms with van der Waals surface area (Å²) in [5, 5.41) is 0. The molecule has 1 aromatic carbocycles. The predicted molar refractivity (Wildman–Crippen MR) is 65.1 cm³/mol. The number of hydrogen-bond donors (Lipinski definition) is 0. The van der Waals surface area contributed by atoms with Crippen molar-refractivity contribution in [1.82, 2.24) is 0 Å². The van der Waals surface area contributed by atoms with Crippen molar-refractivity contribution >= 4 is 39.3 Å². The number of rotatable bonds is 4. The van der Waals surface area contributed by atoms with Gasteiger partial charge in [0.1, 0.15) is 0 Å². The highest BCUT2D eigenvalue weighted by Gasteiger charge is 2.13. The molecule has 5 heteroatoms. The van der Waals surface area contributed by atoms with E-state index in [1.807, 2.05) is 0 Å². The van der Waals surface area contributed by atoms with Crippen molar-refractivity contribution in [3.8, 4) is 0 Å². The van der Waals surface area contributed by atoms with E-state index in [1.54, 1.807) is 18.2 Å². The van der Waals surface area contributed by atoms with Crippen LogP contribution in [0.3, 0.4) is 0 Å². The number of alkyl halides is 1. The van der Waals surface area contributed by atoms with Gasteiger partial charge in [0, 0.05) is 22.3 Å². The average molecular weight is 306 g/mol. The Labute approximate surface area is 107 Å². The Hall–Kier alpha value is -0.870. The molecule has 0 fully saturated rings. The molecule has 0 aromatic heterocycles. The predicted octanol–water partition coefficient (Wildman–Crippen LogP) is 3.05. The second-order valence-corrected chi connectivity index (χ2v) is 4.28. The fraction of sp³-hybridized carbons (Fsp3) is 0.273. The third-order valence-corrected chi connectivity index (χ3v) is 2.86. The Morgan fingerprint density at radius 3 is 2.62 bits per heavy atom. The van der Waals surface area contributed by atoms with Crippen molar-refractivity contribution in [1.29, 1.82) is 0 Å².